The van der Waals surface area contributed by atoms with Crippen LogP contribution >= 0.6 is 0 Å². The minimum absolute atomic E-state index is 0.0920. The van der Waals surface area contributed by atoms with E-state index in [9.17, 15) is 23.1 Å². The van der Waals surface area contributed by atoms with Crippen LogP contribution in [0.4, 0.5) is 13.2 Å². The van der Waals surface area contributed by atoms with E-state index in [1.165, 1.54) is 29.2 Å². The first-order chi connectivity index (χ1) is 14.7. The van der Waals surface area contributed by atoms with Gasteiger partial charge in [-0.1, -0.05) is 13.8 Å². The van der Waals surface area contributed by atoms with Crippen LogP contribution < -0.4 is 9.47 Å². The van der Waals surface area contributed by atoms with Crippen molar-refractivity contribution < 1.29 is 32.5 Å². The maximum Gasteiger partial charge on any atom is 0.260 e. The van der Waals surface area contributed by atoms with Gasteiger partial charge in [0.2, 0.25) is 0 Å². The van der Waals surface area contributed by atoms with E-state index in [0.717, 1.165) is 12.1 Å². The second-order valence-electron chi connectivity index (χ2n) is 8.22. The smallest absolute Gasteiger partial charge is 0.260 e. The molecule has 1 saturated heterocycles. The lowest BCUT2D eigenvalue weighted by Crippen LogP contribution is -2.60. The fraction of sp³-hybridized carbons (Fsp3) is 0.435. The SMILES string of the molecule is CC(C)C[C@]1(O)CCN(C(=O)COc2ccc(F)cc2F)C[C@@H]1Oc1ccc(F)cc1. The number of hydrogen-bond donors (Lipinski definition) is 1. The molecule has 5 nitrogen and oxygen atoms in total. The molecule has 0 aromatic heterocycles. The van der Waals surface area contributed by atoms with E-state index >= 15 is 0 Å². The molecule has 0 bridgehead atoms. The molecule has 1 heterocycles. The number of likely N-dealkylation sites (tertiary alicyclic amines) is 1. The van der Waals surface area contributed by atoms with E-state index in [2.05, 4.69) is 0 Å². The molecule has 1 fully saturated rings. The molecule has 1 aliphatic heterocycles. The highest BCUT2D eigenvalue weighted by Gasteiger charge is 2.44. The second kappa shape index (κ2) is 9.60. The van der Waals surface area contributed by atoms with Gasteiger partial charge in [0.05, 0.1) is 6.54 Å². The number of nitrogens with zero attached hydrogens (tertiary/aromatic N) is 1. The van der Waals surface area contributed by atoms with Gasteiger partial charge in [0.15, 0.2) is 18.2 Å². The van der Waals surface area contributed by atoms with Crippen molar-refractivity contribution in [1.82, 2.24) is 4.90 Å². The van der Waals surface area contributed by atoms with E-state index in [-0.39, 0.29) is 31.2 Å². The van der Waals surface area contributed by atoms with Crippen molar-refractivity contribution >= 4 is 5.91 Å². The maximum atomic E-state index is 13.7. The molecule has 0 aliphatic carbocycles. The van der Waals surface area contributed by atoms with E-state index in [1.807, 2.05) is 13.8 Å². The van der Waals surface area contributed by atoms with Gasteiger partial charge in [-0.05, 0) is 55.2 Å². The van der Waals surface area contributed by atoms with Gasteiger partial charge < -0.3 is 19.5 Å². The summed E-state index contributed by atoms with van der Waals surface area (Å²) in [6.07, 6.45) is 0.0203. The third kappa shape index (κ3) is 5.91. The van der Waals surface area contributed by atoms with Crippen molar-refractivity contribution in [3.63, 3.8) is 0 Å². The van der Waals surface area contributed by atoms with Crippen LogP contribution in [0.5, 0.6) is 11.5 Å². The Kier molecular flexibility index (Phi) is 7.10. The zero-order chi connectivity index (χ0) is 22.6. The highest BCUT2D eigenvalue weighted by Crippen LogP contribution is 2.32. The molecule has 0 unspecified atom stereocenters. The number of benzene rings is 2. The van der Waals surface area contributed by atoms with Crippen molar-refractivity contribution in [2.75, 3.05) is 19.7 Å². The number of piperidine rings is 1. The average molecular weight is 437 g/mol. The summed E-state index contributed by atoms with van der Waals surface area (Å²) < 4.78 is 51.1. The molecule has 1 N–H and O–H groups in total. The van der Waals surface area contributed by atoms with Gasteiger partial charge in [-0.3, -0.25) is 4.79 Å². The number of amides is 1. The van der Waals surface area contributed by atoms with Gasteiger partial charge in [0.25, 0.3) is 5.91 Å². The predicted octanol–water partition coefficient (Wildman–Crippen LogP) is 3.94. The molecule has 1 amide bonds. The van der Waals surface area contributed by atoms with Crippen LogP contribution in [0.1, 0.15) is 26.7 Å². The van der Waals surface area contributed by atoms with E-state index in [1.54, 1.807) is 0 Å². The molecule has 0 radical (unpaired) electrons. The highest BCUT2D eigenvalue weighted by atomic mass is 19.1. The third-order valence-electron chi connectivity index (χ3n) is 5.25. The Balaban J connectivity index is 1.69. The molecular formula is C23H26F3NO4. The zero-order valence-electron chi connectivity index (χ0n) is 17.5. The Labute approximate surface area is 179 Å². The lowest BCUT2D eigenvalue weighted by atomic mass is 9.81. The molecule has 2 aromatic carbocycles. The highest BCUT2D eigenvalue weighted by molar-refractivity contribution is 5.78. The zero-order valence-corrected chi connectivity index (χ0v) is 17.5. The third-order valence-corrected chi connectivity index (χ3v) is 5.25. The summed E-state index contributed by atoms with van der Waals surface area (Å²) in [5.74, 6) is -2.10. The molecule has 1 aliphatic rings. The average Bonchev–Trinajstić information content (AvgIpc) is 2.70. The van der Waals surface area contributed by atoms with E-state index < -0.39 is 41.7 Å². The Bertz CT molecular complexity index is 906. The van der Waals surface area contributed by atoms with E-state index in [4.69, 9.17) is 9.47 Å². The molecular weight excluding hydrogens is 411 g/mol. The number of aliphatic hydroxyl groups is 1. The first-order valence-corrected chi connectivity index (χ1v) is 10.2. The molecule has 8 heteroatoms. The minimum atomic E-state index is -1.16. The Morgan fingerprint density at radius 2 is 1.84 bits per heavy atom. The number of hydrogen-bond acceptors (Lipinski definition) is 4. The predicted molar refractivity (Wildman–Crippen MR) is 108 cm³/mol. The summed E-state index contributed by atoms with van der Waals surface area (Å²) in [6, 6.07) is 8.29. The van der Waals surface area contributed by atoms with Crippen LogP contribution in [0.15, 0.2) is 42.5 Å². The molecule has 0 saturated carbocycles. The van der Waals surface area contributed by atoms with Crippen molar-refractivity contribution in [1.29, 1.82) is 0 Å². The summed E-state index contributed by atoms with van der Waals surface area (Å²) in [5.41, 5.74) is -1.16. The van der Waals surface area contributed by atoms with Gasteiger partial charge in [-0.15, -0.1) is 0 Å². The second-order valence-corrected chi connectivity index (χ2v) is 8.22. The van der Waals surface area contributed by atoms with Crippen LogP contribution in [0.2, 0.25) is 0 Å². The topological polar surface area (TPSA) is 59.0 Å². The summed E-state index contributed by atoms with van der Waals surface area (Å²) in [4.78, 5) is 14.1. The Morgan fingerprint density at radius 1 is 1.16 bits per heavy atom. The van der Waals surface area contributed by atoms with Crippen molar-refractivity contribution in [2.24, 2.45) is 5.92 Å². The molecule has 3 rings (SSSR count). The molecule has 2 aromatic rings. The normalized spacial score (nSPS) is 21.3. The summed E-state index contributed by atoms with van der Waals surface area (Å²) in [6.45, 7) is 3.90. The van der Waals surface area contributed by atoms with Gasteiger partial charge >= 0.3 is 0 Å². The summed E-state index contributed by atoms with van der Waals surface area (Å²) >= 11 is 0. The lowest BCUT2D eigenvalue weighted by molar-refractivity contribution is -0.150. The number of rotatable bonds is 7. The largest absolute Gasteiger partial charge is 0.486 e. The fourth-order valence-electron chi connectivity index (χ4n) is 3.77. The molecule has 0 spiro atoms. The summed E-state index contributed by atoms with van der Waals surface area (Å²) in [7, 11) is 0. The van der Waals surface area contributed by atoms with Gasteiger partial charge in [-0.2, -0.15) is 0 Å². The van der Waals surface area contributed by atoms with Crippen LogP contribution in [-0.4, -0.2) is 47.3 Å². The number of halogens is 3. The van der Waals surface area contributed by atoms with Crippen LogP contribution in [0.3, 0.4) is 0 Å². The number of carbonyl (C=O) groups is 1. The Hall–Kier alpha value is -2.74. The van der Waals surface area contributed by atoms with Crippen LogP contribution in [0, 0.1) is 23.4 Å². The molecule has 31 heavy (non-hydrogen) atoms. The van der Waals surface area contributed by atoms with E-state index in [0.29, 0.717) is 18.2 Å². The lowest BCUT2D eigenvalue weighted by Gasteiger charge is -2.45. The van der Waals surface area contributed by atoms with Crippen molar-refractivity contribution in [2.45, 2.75) is 38.4 Å². The van der Waals surface area contributed by atoms with Gasteiger partial charge in [0, 0.05) is 12.6 Å². The first kappa shape index (κ1) is 22.9. The first-order valence-electron chi connectivity index (χ1n) is 10.2. The van der Waals surface area contributed by atoms with Crippen LogP contribution in [-0.2, 0) is 4.79 Å². The number of ether oxygens (including phenoxy) is 2. The fourth-order valence-corrected chi connectivity index (χ4v) is 3.77. The van der Waals surface area contributed by atoms with Gasteiger partial charge in [-0.25, -0.2) is 13.2 Å². The van der Waals surface area contributed by atoms with Crippen molar-refractivity contribution in [3.05, 3.63) is 59.9 Å². The summed E-state index contributed by atoms with van der Waals surface area (Å²) in [5, 5.41) is 11.2. The molecule has 168 valence electrons. The van der Waals surface area contributed by atoms with Gasteiger partial charge in [0.1, 0.15) is 29.1 Å². The van der Waals surface area contributed by atoms with Crippen molar-refractivity contribution in [3.8, 4) is 11.5 Å². The van der Waals surface area contributed by atoms with Crippen LogP contribution in [0.25, 0.3) is 0 Å². The maximum absolute atomic E-state index is 13.7. The quantitative estimate of drug-likeness (QED) is 0.713. The number of carbonyl (C=O) groups excluding carboxylic acids is 1. The molecule has 2 atom stereocenters. The Morgan fingerprint density at radius 3 is 2.48 bits per heavy atom. The standard InChI is InChI=1S/C23H26F3NO4/c1-15(2)12-23(29)9-10-27(13-21(23)31-18-6-3-16(24)4-7-18)22(28)14-30-20-8-5-17(25)11-19(20)26/h3-8,11,15,21,29H,9-10,12-14H2,1-2H3/t21-,23+/m0/s1. The monoisotopic (exact) mass is 437 g/mol. The minimum Gasteiger partial charge on any atom is -0.486 e.